The molecule has 20 heavy (non-hydrogen) atoms. The monoisotopic (exact) mass is 300 g/mol. The van der Waals surface area contributed by atoms with E-state index in [0.29, 0.717) is 25.2 Å². The van der Waals surface area contributed by atoms with Crippen molar-refractivity contribution in [2.45, 2.75) is 31.6 Å². The number of piperidine rings is 1. The lowest BCUT2D eigenvalue weighted by Crippen LogP contribution is -2.44. The third-order valence-electron chi connectivity index (χ3n) is 4.18. The van der Waals surface area contributed by atoms with Crippen molar-refractivity contribution in [1.29, 1.82) is 0 Å². The van der Waals surface area contributed by atoms with Gasteiger partial charge in [-0.05, 0) is 55.5 Å². The Morgan fingerprint density at radius 3 is 2.45 bits per heavy atom. The molecule has 0 radical (unpaired) electrons. The summed E-state index contributed by atoms with van der Waals surface area (Å²) >= 11 is 0. The third-order valence-corrected chi connectivity index (χ3v) is 6.24. The SMILES string of the molecule is Cc1cc(F)ccc1S(=O)(=O)N1CCC(C)(CN)CC1. The maximum absolute atomic E-state index is 13.1. The van der Waals surface area contributed by atoms with E-state index in [0.717, 1.165) is 12.8 Å². The Labute approximate surface area is 119 Å². The molecule has 1 aliphatic rings. The topological polar surface area (TPSA) is 63.4 Å². The minimum atomic E-state index is -3.54. The first-order chi connectivity index (χ1) is 9.28. The van der Waals surface area contributed by atoms with Gasteiger partial charge in [0.25, 0.3) is 0 Å². The van der Waals surface area contributed by atoms with Crippen molar-refractivity contribution >= 4 is 10.0 Å². The molecule has 1 aromatic carbocycles. The number of nitrogens with two attached hydrogens (primary N) is 1. The fourth-order valence-electron chi connectivity index (χ4n) is 2.51. The first-order valence-electron chi connectivity index (χ1n) is 6.75. The fraction of sp³-hybridized carbons (Fsp3) is 0.571. The molecular weight excluding hydrogens is 279 g/mol. The van der Waals surface area contributed by atoms with E-state index in [-0.39, 0.29) is 10.3 Å². The van der Waals surface area contributed by atoms with Gasteiger partial charge in [-0.2, -0.15) is 4.31 Å². The molecule has 1 saturated heterocycles. The van der Waals surface area contributed by atoms with Gasteiger partial charge in [0.2, 0.25) is 10.0 Å². The number of rotatable bonds is 3. The van der Waals surface area contributed by atoms with Crippen LogP contribution in [-0.2, 0) is 10.0 Å². The number of hydrogen-bond acceptors (Lipinski definition) is 3. The van der Waals surface area contributed by atoms with Crippen LogP contribution >= 0.6 is 0 Å². The van der Waals surface area contributed by atoms with Crippen LogP contribution in [0, 0.1) is 18.2 Å². The van der Waals surface area contributed by atoms with E-state index in [9.17, 15) is 12.8 Å². The maximum atomic E-state index is 13.1. The molecule has 1 aliphatic heterocycles. The average Bonchev–Trinajstić information content (AvgIpc) is 2.39. The number of halogens is 1. The summed E-state index contributed by atoms with van der Waals surface area (Å²) in [5, 5.41) is 0. The lowest BCUT2D eigenvalue weighted by Gasteiger charge is -2.38. The second kappa shape index (κ2) is 5.42. The van der Waals surface area contributed by atoms with Crippen LogP contribution in [0.2, 0.25) is 0 Å². The van der Waals surface area contributed by atoms with Crippen LogP contribution in [0.3, 0.4) is 0 Å². The van der Waals surface area contributed by atoms with Crippen LogP contribution < -0.4 is 5.73 Å². The Hall–Kier alpha value is -0.980. The van der Waals surface area contributed by atoms with Gasteiger partial charge in [-0.15, -0.1) is 0 Å². The summed E-state index contributed by atoms with van der Waals surface area (Å²) in [7, 11) is -3.54. The molecule has 0 aromatic heterocycles. The highest BCUT2D eigenvalue weighted by Gasteiger charge is 2.35. The second-order valence-corrected chi connectivity index (χ2v) is 7.74. The minimum Gasteiger partial charge on any atom is -0.330 e. The molecule has 4 nitrogen and oxygen atoms in total. The summed E-state index contributed by atoms with van der Waals surface area (Å²) in [5.41, 5.74) is 6.19. The smallest absolute Gasteiger partial charge is 0.243 e. The van der Waals surface area contributed by atoms with Gasteiger partial charge in [-0.3, -0.25) is 0 Å². The molecule has 2 rings (SSSR count). The third kappa shape index (κ3) is 2.87. The molecule has 0 amide bonds. The molecule has 0 aliphatic carbocycles. The van der Waals surface area contributed by atoms with Gasteiger partial charge in [0.05, 0.1) is 4.90 Å². The summed E-state index contributed by atoms with van der Waals surface area (Å²) < 4.78 is 39.8. The van der Waals surface area contributed by atoms with Crippen molar-refractivity contribution in [3.8, 4) is 0 Å². The number of benzene rings is 1. The Morgan fingerprint density at radius 2 is 1.95 bits per heavy atom. The summed E-state index contributed by atoms with van der Waals surface area (Å²) in [5.74, 6) is -0.421. The van der Waals surface area contributed by atoms with E-state index in [1.54, 1.807) is 6.92 Å². The Bertz CT molecular complexity index is 593. The number of aryl methyl sites for hydroxylation is 1. The predicted octanol–water partition coefficient (Wildman–Crippen LogP) is 1.88. The predicted molar refractivity (Wildman–Crippen MR) is 76.3 cm³/mol. The van der Waals surface area contributed by atoms with Crippen LogP contribution in [0.15, 0.2) is 23.1 Å². The second-order valence-electron chi connectivity index (χ2n) is 5.83. The lowest BCUT2D eigenvalue weighted by atomic mass is 9.81. The van der Waals surface area contributed by atoms with Gasteiger partial charge >= 0.3 is 0 Å². The summed E-state index contributed by atoms with van der Waals surface area (Å²) in [6, 6.07) is 3.78. The van der Waals surface area contributed by atoms with Crippen LogP contribution in [0.4, 0.5) is 4.39 Å². The largest absolute Gasteiger partial charge is 0.330 e. The standard InChI is InChI=1S/C14H21FN2O2S/c1-11-9-12(15)3-4-13(11)20(18,19)17-7-5-14(2,10-16)6-8-17/h3-4,9H,5-8,10,16H2,1-2H3. The zero-order valence-electron chi connectivity index (χ0n) is 11.9. The van der Waals surface area contributed by atoms with Crippen molar-refractivity contribution in [1.82, 2.24) is 4.31 Å². The van der Waals surface area contributed by atoms with Crippen LogP contribution in [0.1, 0.15) is 25.3 Å². The average molecular weight is 300 g/mol. The molecule has 1 fully saturated rings. The number of hydrogen-bond donors (Lipinski definition) is 1. The molecule has 112 valence electrons. The zero-order chi connectivity index (χ0) is 15.0. The molecule has 0 atom stereocenters. The van der Waals surface area contributed by atoms with Crippen molar-refractivity contribution in [2.75, 3.05) is 19.6 Å². The minimum absolute atomic E-state index is 0.0177. The maximum Gasteiger partial charge on any atom is 0.243 e. The molecular formula is C14H21FN2O2S. The summed E-state index contributed by atoms with van der Waals surface area (Å²) in [4.78, 5) is 0.190. The van der Waals surface area contributed by atoms with Crippen LogP contribution in [0.5, 0.6) is 0 Å². The van der Waals surface area contributed by atoms with E-state index in [1.165, 1.54) is 22.5 Å². The van der Waals surface area contributed by atoms with Gasteiger partial charge in [-0.25, -0.2) is 12.8 Å². The highest BCUT2D eigenvalue weighted by Crippen LogP contribution is 2.32. The van der Waals surface area contributed by atoms with E-state index < -0.39 is 15.8 Å². The van der Waals surface area contributed by atoms with Gasteiger partial charge in [0.1, 0.15) is 5.82 Å². The highest BCUT2D eigenvalue weighted by molar-refractivity contribution is 7.89. The van der Waals surface area contributed by atoms with Crippen molar-refractivity contribution in [3.63, 3.8) is 0 Å². The Kier molecular flexibility index (Phi) is 4.18. The molecule has 0 unspecified atom stereocenters. The van der Waals surface area contributed by atoms with Crippen LogP contribution in [0.25, 0.3) is 0 Å². The van der Waals surface area contributed by atoms with Gasteiger partial charge in [-0.1, -0.05) is 6.92 Å². The van der Waals surface area contributed by atoms with Crippen molar-refractivity contribution < 1.29 is 12.8 Å². The molecule has 0 spiro atoms. The van der Waals surface area contributed by atoms with E-state index in [2.05, 4.69) is 6.92 Å². The lowest BCUT2D eigenvalue weighted by molar-refractivity contribution is 0.183. The van der Waals surface area contributed by atoms with Gasteiger partial charge in [0, 0.05) is 13.1 Å². The van der Waals surface area contributed by atoms with Crippen molar-refractivity contribution in [3.05, 3.63) is 29.6 Å². The quantitative estimate of drug-likeness (QED) is 0.927. The molecule has 1 aromatic rings. The fourth-order valence-corrected chi connectivity index (χ4v) is 4.16. The van der Waals surface area contributed by atoms with Gasteiger partial charge < -0.3 is 5.73 Å². The molecule has 0 saturated carbocycles. The zero-order valence-corrected chi connectivity index (χ0v) is 12.7. The van der Waals surface area contributed by atoms with E-state index >= 15 is 0 Å². The molecule has 0 bridgehead atoms. The van der Waals surface area contributed by atoms with Crippen molar-refractivity contribution in [2.24, 2.45) is 11.1 Å². The molecule has 2 N–H and O–H groups in total. The highest BCUT2D eigenvalue weighted by atomic mass is 32.2. The van der Waals surface area contributed by atoms with Crippen LogP contribution in [-0.4, -0.2) is 32.4 Å². The van der Waals surface area contributed by atoms with Gasteiger partial charge in [0.15, 0.2) is 0 Å². The summed E-state index contributed by atoms with van der Waals surface area (Å²) in [6.07, 6.45) is 1.51. The number of sulfonamides is 1. The first kappa shape index (κ1) is 15.4. The van der Waals surface area contributed by atoms with E-state index in [1.807, 2.05) is 0 Å². The molecule has 6 heteroatoms. The molecule has 1 heterocycles. The van der Waals surface area contributed by atoms with E-state index in [4.69, 9.17) is 5.73 Å². The Balaban J connectivity index is 2.24. The number of nitrogens with zero attached hydrogens (tertiary/aromatic N) is 1. The first-order valence-corrected chi connectivity index (χ1v) is 8.19. The summed E-state index contributed by atoms with van der Waals surface area (Å²) in [6.45, 7) is 5.19. The Morgan fingerprint density at radius 1 is 1.35 bits per heavy atom. The normalized spacial score (nSPS) is 20.0.